The summed E-state index contributed by atoms with van der Waals surface area (Å²) in [5.74, 6) is -4.75. The normalized spacial score (nSPS) is 19.6. The summed E-state index contributed by atoms with van der Waals surface area (Å²) in [4.78, 5) is 86.0. The third kappa shape index (κ3) is 13.2. The molecule has 0 unspecified atom stereocenters. The zero-order valence-corrected chi connectivity index (χ0v) is 27.2. The van der Waals surface area contributed by atoms with Gasteiger partial charge in [0.2, 0.25) is 29.5 Å². The standard InChI is InChI=1S/C28H50N12O8/c1-15(41)21(26(47)48)39-24(45)18(8-4-12-35-28(31)32)38-25(46)19-9-5-13-40(19)20(42)14-36-22(43)17(7-3-11-34-27(29)30)37-23(44)16-6-2-10-33-16/h15-19,21,33,41H,2-14H2,1H3,(H,36,43)(H,37,44)(H,38,46)(H,39,45)(H,47,48)(H4,29,30,34)(H4,31,32,35)/t15-,16+,17+,18+,19+,21+/m1/s1. The molecule has 5 amide bonds. The Morgan fingerprint density at radius 2 is 1.44 bits per heavy atom. The van der Waals surface area contributed by atoms with Gasteiger partial charge >= 0.3 is 5.97 Å². The van der Waals surface area contributed by atoms with E-state index in [9.17, 15) is 39.0 Å². The molecule has 2 fully saturated rings. The number of carbonyl (C=O) groups excluding carboxylic acids is 5. The summed E-state index contributed by atoms with van der Waals surface area (Å²) < 4.78 is 0. The average molecular weight is 683 g/mol. The third-order valence-electron chi connectivity index (χ3n) is 7.87. The fourth-order valence-corrected chi connectivity index (χ4v) is 5.36. The number of guanidine groups is 2. The van der Waals surface area contributed by atoms with Gasteiger partial charge in [0.05, 0.1) is 18.7 Å². The highest BCUT2D eigenvalue weighted by atomic mass is 16.4. The molecular weight excluding hydrogens is 632 g/mol. The maximum Gasteiger partial charge on any atom is 0.328 e. The summed E-state index contributed by atoms with van der Waals surface area (Å²) in [6.07, 6.45) is 1.62. The van der Waals surface area contributed by atoms with Gasteiger partial charge in [0, 0.05) is 19.6 Å². The van der Waals surface area contributed by atoms with Crippen LogP contribution < -0.4 is 49.5 Å². The first-order chi connectivity index (χ1) is 22.7. The molecule has 48 heavy (non-hydrogen) atoms. The van der Waals surface area contributed by atoms with E-state index in [4.69, 9.17) is 22.9 Å². The highest BCUT2D eigenvalue weighted by Crippen LogP contribution is 2.18. The molecule has 0 saturated carbocycles. The van der Waals surface area contributed by atoms with Crippen LogP contribution in [0.4, 0.5) is 0 Å². The predicted octanol–water partition coefficient (Wildman–Crippen LogP) is -5.13. The number of aliphatic imine (C=N–C) groups is 2. The Morgan fingerprint density at radius 1 is 0.854 bits per heavy atom. The van der Waals surface area contributed by atoms with E-state index in [2.05, 4.69) is 36.6 Å². The number of carboxylic acid groups (broad SMARTS) is 1. The smallest absolute Gasteiger partial charge is 0.328 e. The quantitative estimate of drug-likeness (QED) is 0.0345. The Kier molecular flexibility index (Phi) is 16.3. The zero-order chi connectivity index (χ0) is 35.8. The average Bonchev–Trinajstić information content (AvgIpc) is 3.74. The summed E-state index contributed by atoms with van der Waals surface area (Å²) >= 11 is 0. The van der Waals surface area contributed by atoms with Gasteiger partial charge in [0.15, 0.2) is 18.0 Å². The molecular formula is C28H50N12O8. The van der Waals surface area contributed by atoms with Gasteiger partial charge in [-0.25, -0.2) is 4.79 Å². The lowest BCUT2D eigenvalue weighted by molar-refractivity contribution is -0.145. The zero-order valence-electron chi connectivity index (χ0n) is 27.2. The molecule has 6 atom stereocenters. The fourth-order valence-electron chi connectivity index (χ4n) is 5.36. The van der Waals surface area contributed by atoms with Crippen molar-refractivity contribution in [2.24, 2.45) is 32.9 Å². The molecule has 270 valence electrons. The third-order valence-corrected chi connectivity index (χ3v) is 7.87. The number of amides is 5. The van der Waals surface area contributed by atoms with Crippen LogP contribution in [-0.2, 0) is 28.8 Å². The van der Waals surface area contributed by atoms with Gasteiger partial charge in [0.1, 0.15) is 18.1 Å². The van der Waals surface area contributed by atoms with Crippen LogP contribution in [0.1, 0.15) is 58.3 Å². The van der Waals surface area contributed by atoms with E-state index in [0.717, 1.165) is 6.42 Å². The van der Waals surface area contributed by atoms with E-state index in [-0.39, 0.29) is 63.1 Å². The van der Waals surface area contributed by atoms with Gasteiger partial charge in [-0.2, -0.15) is 0 Å². The van der Waals surface area contributed by atoms with Gasteiger partial charge in [-0.15, -0.1) is 0 Å². The Labute approximate surface area is 278 Å². The molecule has 2 saturated heterocycles. The number of nitrogens with zero attached hydrogens (tertiary/aromatic N) is 3. The minimum atomic E-state index is -1.63. The molecule has 2 rings (SSSR count). The van der Waals surface area contributed by atoms with Gasteiger partial charge in [-0.1, -0.05) is 0 Å². The summed E-state index contributed by atoms with van der Waals surface area (Å²) in [6.45, 7) is 2.00. The Hall–Kier alpha value is -4.72. The number of rotatable bonds is 19. The molecule has 20 heteroatoms. The van der Waals surface area contributed by atoms with Gasteiger partial charge < -0.3 is 64.6 Å². The molecule has 0 aromatic carbocycles. The topological polar surface area (TPSA) is 335 Å². The minimum absolute atomic E-state index is 0.0178. The number of aliphatic carboxylic acids is 1. The monoisotopic (exact) mass is 682 g/mol. The maximum absolute atomic E-state index is 13.4. The van der Waals surface area contributed by atoms with Crippen LogP contribution in [0.3, 0.4) is 0 Å². The number of likely N-dealkylation sites (tertiary alicyclic amines) is 1. The highest BCUT2D eigenvalue weighted by Gasteiger charge is 2.37. The SMILES string of the molecule is C[C@@H](O)[C@H](NC(=O)[C@H](CCCN=C(N)N)NC(=O)[C@@H]1CCCN1C(=O)CNC(=O)[C@H](CCCN=C(N)N)NC(=O)[C@@H]1CCCN1)C(=O)O. The molecule has 0 aromatic rings. The lowest BCUT2D eigenvalue weighted by Crippen LogP contribution is -2.57. The van der Waals surface area contributed by atoms with Crippen LogP contribution in [0, 0.1) is 0 Å². The first-order valence-electron chi connectivity index (χ1n) is 15.9. The van der Waals surface area contributed by atoms with Crippen molar-refractivity contribution in [2.75, 3.05) is 32.7 Å². The molecule has 0 spiro atoms. The largest absolute Gasteiger partial charge is 0.480 e. The highest BCUT2D eigenvalue weighted by molar-refractivity contribution is 5.95. The van der Waals surface area contributed by atoms with Crippen LogP contribution in [0.2, 0.25) is 0 Å². The van der Waals surface area contributed by atoms with Gasteiger partial charge in [0.25, 0.3) is 0 Å². The van der Waals surface area contributed by atoms with Crippen molar-refractivity contribution >= 4 is 47.4 Å². The predicted molar refractivity (Wildman–Crippen MR) is 174 cm³/mol. The van der Waals surface area contributed by atoms with E-state index in [0.29, 0.717) is 25.8 Å². The molecule has 2 aliphatic rings. The number of aliphatic hydroxyl groups excluding tert-OH is 1. The summed E-state index contributed by atoms with van der Waals surface area (Å²) in [5.41, 5.74) is 21.4. The van der Waals surface area contributed by atoms with Crippen LogP contribution in [-0.4, -0.2) is 132 Å². The molecule has 0 bridgehead atoms. The molecule has 20 nitrogen and oxygen atoms in total. The van der Waals surface area contributed by atoms with Crippen molar-refractivity contribution in [1.29, 1.82) is 0 Å². The molecule has 2 heterocycles. The van der Waals surface area contributed by atoms with Crippen LogP contribution in [0.15, 0.2) is 9.98 Å². The Bertz CT molecular complexity index is 1200. The Morgan fingerprint density at radius 3 is 1.96 bits per heavy atom. The number of carbonyl (C=O) groups is 6. The molecule has 15 N–H and O–H groups in total. The number of hydrogen-bond donors (Lipinski definition) is 11. The van der Waals surface area contributed by atoms with E-state index in [1.165, 1.54) is 11.8 Å². The van der Waals surface area contributed by atoms with Gasteiger partial charge in [-0.05, 0) is 64.8 Å². The van der Waals surface area contributed by atoms with E-state index in [1.807, 2.05) is 0 Å². The van der Waals surface area contributed by atoms with Crippen molar-refractivity contribution in [2.45, 2.75) is 94.6 Å². The molecule has 2 aliphatic heterocycles. The Balaban J connectivity index is 2.06. The second-order valence-corrected chi connectivity index (χ2v) is 11.7. The van der Waals surface area contributed by atoms with Crippen molar-refractivity contribution in [3.63, 3.8) is 0 Å². The minimum Gasteiger partial charge on any atom is -0.480 e. The molecule has 0 aliphatic carbocycles. The maximum atomic E-state index is 13.4. The number of aliphatic hydroxyl groups is 1. The van der Waals surface area contributed by atoms with Crippen molar-refractivity contribution in [3.8, 4) is 0 Å². The van der Waals surface area contributed by atoms with Crippen LogP contribution in [0.25, 0.3) is 0 Å². The number of hydrogen-bond acceptors (Lipinski definition) is 10. The lowest BCUT2D eigenvalue weighted by Gasteiger charge is -2.28. The van der Waals surface area contributed by atoms with Crippen molar-refractivity contribution in [1.82, 2.24) is 31.5 Å². The second kappa shape index (κ2) is 19.8. The lowest BCUT2D eigenvalue weighted by atomic mass is 10.1. The first kappa shape index (κ1) is 39.5. The van der Waals surface area contributed by atoms with Crippen molar-refractivity contribution in [3.05, 3.63) is 0 Å². The van der Waals surface area contributed by atoms with E-state index < -0.39 is 72.5 Å². The van der Waals surface area contributed by atoms with Crippen molar-refractivity contribution < 1.29 is 39.0 Å². The summed E-state index contributed by atoms with van der Waals surface area (Å²) in [7, 11) is 0. The van der Waals surface area contributed by atoms with E-state index >= 15 is 0 Å². The fraction of sp³-hybridized carbons (Fsp3) is 0.714. The molecule has 0 radical (unpaired) electrons. The number of nitrogens with one attached hydrogen (secondary N) is 5. The number of nitrogens with two attached hydrogens (primary N) is 4. The summed E-state index contributed by atoms with van der Waals surface area (Å²) in [6, 6.07) is -5.23. The van der Waals surface area contributed by atoms with Crippen LogP contribution >= 0.6 is 0 Å². The second-order valence-electron chi connectivity index (χ2n) is 11.7. The van der Waals surface area contributed by atoms with Gasteiger partial charge in [-0.3, -0.25) is 34.0 Å². The van der Waals surface area contributed by atoms with E-state index in [1.54, 1.807) is 0 Å². The van der Waals surface area contributed by atoms with Crippen LogP contribution in [0.5, 0.6) is 0 Å². The summed E-state index contributed by atoms with van der Waals surface area (Å²) in [5, 5.41) is 32.3. The number of carboxylic acids is 1. The molecule has 0 aromatic heterocycles. The first-order valence-corrected chi connectivity index (χ1v) is 15.9.